The van der Waals surface area contributed by atoms with E-state index in [9.17, 15) is 9.18 Å². The standard InChI is InChI=1S/C30H29ClFN5O3/c1-2-39-28-16-25-23(15-26(28)37-29(38)11-9-21-7-4-12-33-21)30(35-18-34-25)36-22-8-10-27(24(31)14-22)40-17-19-5-3-6-20(32)13-19/h3,5-6,8-11,13-16,18,21,33H,2,4,7,12,17H2,1H3,(H,37,38)(H,34,35,36)/b11-9+/t21-/m0/s1. The molecule has 1 fully saturated rings. The molecular weight excluding hydrogens is 533 g/mol. The lowest BCUT2D eigenvalue weighted by Crippen LogP contribution is -2.19. The van der Waals surface area contributed by atoms with E-state index < -0.39 is 0 Å². The lowest BCUT2D eigenvalue weighted by Gasteiger charge is -2.15. The number of nitrogens with one attached hydrogen (secondary N) is 3. The van der Waals surface area contributed by atoms with Gasteiger partial charge in [-0.25, -0.2) is 14.4 Å². The van der Waals surface area contributed by atoms with Crippen LogP contribution in [0.15, 0.2) is 73.1 Å². The zero-order chi connectivity index (χ0) is 27.9. The molecule has 3 N–H and O–H groups in total. The average Bonchev–Trinajstić information content (AvgIpc) is 3.46. The molecule has 206 valence electrons. The molecule has 0 radical (unpaired) electrons. The van der Waals surface area contributed by atoms with E-state index in [1.54, 1.807) is 48.5 Å². The van der Waals surface area contributed by atoms with Crippen LogP contribution in [0, 0.1) is 5.82 Å². The van der Waals surface area contributed by atoms with Crippen LogP contribution in [0.25, 0.3) is 10.9 Å². The summed E-state index contributed by atoms with van der Waals surface area (Å²) in [5, 5.41) is 10.6. The summed E-state index contributed by atoms with van der Waals surface area (Å²) in [5.74, 6) is 0.942. The highest BCUT2D eigenvalue weighted by molar-refractivity contribution is 6.32. The lowest BCUT2D eigenvalue weighted by molar-refractivity contribution is -0.111. The summed E-state index contributed by atoms with van der Waals surface area (Å²) in [5.41, 5.74) is 2.53. The van der Waals surface area contributed by atoms with Gasteiger partial charge in [-0.05, 0) is 68.3 Å². The van der Waals surface area contributed by atoms with Crippen molar-refractivity contribution in [2.45, 2.75) is 32.4 Å². The van der Waals surface area contributed by atoms with Gasteiger partial charge in [0.1, 0.15) is 36.1 Å². The van der Waals surface area contributed by atoms with Crippen molar-refractivity contribution in [2.75, 3.05) is 23.8 Å². The van der Waals surface area contributed by atoms with Crippen LogP contribution in [-0.4, -0.2) is 35.1 Å². The number of anilines is 3. The molecule has 1 aliphatic heterocycles. The van der Waals surface area contributed by atoms with Crippen molar-refractivity contribution >= 4 is 45.6 Å². The largest absolute Gasteiger partial charge is 0.492 e. The fraction of sp³-hybridized carbons (Fsp3) is 0.233. The quantitative estimate of drug-likeness (QED) is 0.193. The number of nitrogens with zero attached hydrogens (tertiary/aromatic N) is 2. The van der Waals surface area contributed by atoms with E-state index in [0.717, 1.165) is 19.4 Å². The van der Waals surface area contributed by atoms with Crippen molar-refractivity contribution in [2.24, 2.45) is 0 Å². The molecule has 1 aliphatic rings. The molecule has 3 aromatic carbocycles. The molecule has 8 nitrogen and oxygen atoms in total. The molecule has 4 aromatic rings. The Bertz CT molecular complexity index is 1540. The van der Waals surface area contributed by atoms with Gasteiger partial charge in [0.05, 0.1) is 22.8 Å². The van der Waals surface area contributed by atoms with E-state index in [-0.39, 0.29) is 24.4 Å². The molecule has 1 amide bonds. The third-order valence-electron chi connectivity index (χ3n) is 6.35. The number of halogens is 2. The second-order valence-corrected chi connectivity index (χ2v) is 9.67. The van der Waals surface area contributed by atoms with Crippen LogP contribution in [0.4, 0.5) is 21.6 Å². The molecule has 0 spiro atoms. The van der Waals surface area contributed by atoms with Crippen LogP contribution in [-0.2, 0) is 11.4 Å². The first-order valence-electron chi connectivity index (χ1n) is 13.1. The van der Waals surface area contributed by atoms with Gasteiger partial charge >= 0.3 is 0 Å². The molecule has 1 aromatic heterocycles. The zero-order valence-corrected chi connectivity index (χ0v) is 22.7. The van der Waals surface area contributed by atoms with Crippen LogP contribution in [0.5, 0.6) is 11.5 Å². The first-order chi connectivity index (χ1) is 19.5. The molecule has 0 bridgehead atoms. The van der Waals surface area contributed by atoms with Gasteiger partial charge in [0, 0.05) is 29.3 Å². The second kappa shape index (κ2) is 12.8. The average molecular weight is 562 g/mol. The maximum atomic E-state index is 13.5. The molecule has 0 unspecified atom stereocenters. The highest BCUT2D eigenvalue weighted by Crippen LogP contribution is 2.35. The summed E-state index contributed by atoms with van der Waals surface area (Å²) in [6.45, 7) is 3.45. The summed E-state index contributed by atoms with van der Waals surface area (Å²) in [6.07, 6.45) is 6.99. The highest BCUT2D eigenvalue weighted by Gasteiger charge is 2.15. The summed E-state index contributed by atoms with van der Waals surface area (Å²) >= 11 is 6.48. The van der Waals surface area contributed by atoms with Gasteiger partial charge < -0.3 is 25.4 Å². The minimum absolute atomic E-state index is 0.184. The van der Waals surface area contributed by atoms with Crippen LogP contribution < -0.4 is 25.4 Å². The number of carbonyl (C=O) groups is 1. The van der Waals surface area contributed by atoms with E-state index >= 15 is 0 Å². The van der Waals surface area contributed by atoms with Crippen LogP contribution in [0.1, 0.15) is 25.3 Å². The summed E-state index contributed by atoms with van der Waals surface area (Å²) in [6, 6.07) is 15.3. The molecule has 0 saturated carbocycles. The maximum Gasteiger partial charge on any atom is 0.248 e. The Morgan fingerprint density at radius 1 is 1.15 bits per heavy atom. The van der Waals surface area contributed by atoms with Gasteiger partial charge in [-0.1, -0.05) is 29.8 Å². The number of carbonyl (C=O) groups excluding carboxylic acids is 1. The molecule has 0 aliphatic carbocycles. The van der Waals surface area contributed by atoms with Gasteiger partial charge in [0.25, 0.3) is 0 Å². The predicted molar refractivity (Wildman–Crippen MR) is 155 cm³/mol. The number of benzene rings is 3. The van der Waals surface area contributed by atoms with E-state index in [4.69, 9.17) is 21.1 Å². The Balaban J connectivity index is 1.35. The van der Waals surface area contributed by atoms with Gasteiger partial charge in [0.15, 0.2) is 0 Å². The zero-order valence-electron chi connectivity index (χ0n) is 21.9. The number of fused-ring (bicyclic) bond motifs is 1. The second-order valence-electron chi connectivity index (χ2n) is 9.26. The van der Waals surface area contributed by atoms with Crippen molar-refractivity contribution in [3.8, 4) is 11.5 Å². The van der Waals surface area contributed by atoms with Crippen LogP contribution in [0.3, 0.4) is 0 Å². The van der Waals surface area contributed by atoms with E-state index in [0.29, 0.717) is 56.8 Å². The van der Waals surface area contributed by atoms with E-state index in [2.05, 4.69) is 25.9 Å². The third-order valence-corrected chi connectivity index (χ3v) is 6.65. The molecule has 5 rings (SSSR count). The number of rotatable bonds is 10. The van der Waals surface area contributed by atoms with Crippen molar-refractivity contribution in [3.05, 3.63) is 89.5 Å². The Labute approximate surface area is 236 Å². The normalized spacial score (nSPS) is 14.9. The van der Waals surface area contributed by atoms with Crippen molar-refractivity contribution < 1.29 is 18.7 Å². The summed E-state index contributed by atoms with van der Waals surface area (Å²) < 4.78 is 25.0. The predicted octanol–water partition coefficient (Wildman–Crippen LogP) is 6.39. The smallest absolute Gasteiger partial charge is 0.248 e. The molecule has 2 heterocycles. The van der Waals surface area contributed by atoms with Crippen LogP contribution >= 0.6 is 11.6 Å². The summed E-state index contributed by atoms with van der Waals surface area (Å²) in [4.78, 5) is 21.5. The fourth-order valence-corrected chi connectivity index (χ4v) is 4.67. The van der Waals surface area contributed by atoms with Gasteiger partial charge in [-0.15, -0.1) is 0 Å². The minimum atomic E-state index is -0.322. The fourth-order valence-electron chi connectivity index (χ4n) is 4.43. The Morgan fingerprint density at radius 3 is 2.83 bits per heavy atom. The number of amides is 1. The topological polar surface area (TPSA) is 97.4 Å². The Hall–Kier alpha value is -4.21. The number of ether oxygens (including phenoxy) is 2. The van der Waals surface area contributed by atoms with E-state index in [1.807, 2.05) is 13.0 Å². The van der Waals surface area contributed by atoms with E-state index in [1.165, 1.54) is 18.5 Å². The molecule has 40 heavy (non-hydrogen) atoms. The maximum absolute atomic E-state index is 13.5. The van der Waals surface area contributed by atoms with Crippen LogP contribution in [0.2, 0.25) is 5.02 Å². The van der Waals surface area contributed by atoms with Gasteiger partial charge in [-0.3, -0.25) is 4.79 Å². The number of hydrogen-bond donors (Lipinski definition) is 3. The first-order valence-corrected chi connectivity index (χ1v) is 13.4. The number of hydrogen-bond acceptors (Lipinski definition) is 7. The Kier molecular flexibility index (Phi) is 8.73. The van der Waals surface area contributed by atoms with Crippen molar-refractivity contribution in [1.82, 2.24) is 15.3 Å². The monoisotopic (exact) mass is 561 g/mol. The molecular formula is C30H29ClFN5O3. The highest BCUT2D eigenvalue weighted by atomic mass is 35.5. The third kappa shape index (κ3) is 6.86. The van der Waals surface area contributed by atoms with Crippen molar-refractivity contribution in [3.63, 3.8) is 0 Å². The van der Waals surface area contributed by atoms with Gasteiger partial charge in [0.2, 0.25) is 5.91 Å². The van der Waals surface area contributed by atoms with Crippen molar-refractivity contribution in [1.29, 1.82) is 0 Å². The SMILES string of the molecule is CCOc1cc2ncnc(Nc3ccc(OCc4cccc(F)c4)c(Cl)c3)c2cc1NC(=O)/C=C/[C@@H]1CCCN1. The molecule has 10 heteroatoms. The molecule has 1 atom stereocenters. The lowest BCUT2D eigenvalue weighted by atomic mass is 10.1. The minimum Gasteiger partial charge on any atom is -0.492 e. The molecule has 1 saturated heterocycles. The first kappa shape index (κ1) is 27.4. The summed E-state index contributed by atoms with van der Waals surface area (Å²) in [7, 11) is 0. The Morgan fingerprint density at radius 2 is 2.05 bits per heavy atom. The number of aromatic nitrogens is 2. The van der Waals surface area contributed by atoms with Gasteiger partial charge in [-0.2, -0.15) is 0 Å².